The number of nitrogens with one attached hydrogen (secondary N) is 2. The molecule has 0 aliphatic heterocycles. The van der Waals surface area contributed by atoms with Crippen molar-refractivity contribution < 1.29 is 14.3 Å². The van der Waals surface area contributed by atoms with Crippen LogP contribution in [0.2, 0.25) is 0 Å². The Balaban J connectivity index is 2.24. The van der Waals surface area contributed by atoms with Crippen LogP contribution in [-0.4, -0.2) is 25.5 Å². The number of nitrogens with two attached hydrogens (primary N) is 1. The molecule has 0 aromatic heterocycles. The van der Waals surface area contributed by atoms with E-state index in [2.05, 4.69) is 10.6 Å². The lowest BCUT2D eigenvalue weighted by Gasteiger charge is -2.09. The lowest BCUT2D eigenvalue weighted by Crippen LogP contribution is -2.20. The number of benzene rings is 1. The molecule has 0 heterocycles. The van der Waals surface area contributed by atoms with Crippen LogP contribution >= 0.6 is 0 Å². The molecule has 1 aromatic rings. The topological polar surface area (TPSA) is 93.5 Å². The molecule has 0 aliphatic carbocycles. The number of unbranched alkanes of at least 4 members (excludes halogenated alkanes) is 2. The summed E-state index contributed by atoms with van der Waals surface area (Å²) in [5.41, 5.74) is 6.93. The van der Waals surface area contributed by atoms with Crippen LogP contribution in [0.1, 0.15) is 32.6 Å². The number of hydrogen-bond acceptors (Lipinski definition) is 4. The highest BCUT2D eigenvalue weighted by molar-refractivity contribution is 5.91. The summed E-state index contributed by atoms with van der Waals surface area (Å²) < 4.78 is 5.06. The third kappa shape index (κ3) is 6.65. The first-order valence-electron chi connectivity index (χ1n) is 7.00. The van der Waals surface area contributed by atoms with Gasteiger partial charge < -0.3 is 21.1 Å². The number of amides is 2. The second-order valence-electron chi connectivity index (χ2n) is 4.80. The SMILES string of the molecule is COc1ccc(NC(=O)CCCCCNC(C)=O)cc1N. The molecule has 0 spiro atoms. The van der Waals surface area contributed by atoms with Gasteiger partial charge in [0.25, 0.3) is 0 Å². The standard InChI is InChI=1S/C15H23N3O3/c1-11(19)17-9-5-3-4-6-15(20)18-12-7-8-14(21-2)13(16)10-12/h7-8,10H,3-6,9,16H2,1-2H3,(H,17,19)(H,18,20). The smallest absolute Gasteiger partial charge is 0.224 e. The van der Waals surface area contributed by atoms with Crippen LogP contribution < -0.4 is 21.1 Å². The molecule has 1 aromatic carbocycles. The summed E-state index contributed by atoms with van der Waals surface area (Å²) in [7, 11) is 1.55. The average Bonchev–Trinajstić information content (AvgIpc) is 2.42. The van der Waals surface area contributed by atoms with Gasteiger partial charge >= 0.3 is 0 Å². The van der Waals surface area contributed by atoms with Crippen LogP contribution in [0.4, 0.5) is 11.4 Å². The molecule has 0 atom stereocenters. The maximum atomic E-state index is 11.8. The van der Waals surface area contributed by atoms with Crippen molar-refractivity contribution >= 4 is 23.2 Å². The van der Waals surface area contributed by atoms with Crippen molar-refractivity contribution in [1.29, 1.82) is 0 Å². The first-order chi connectivity index (χ1) is 10.0. The van der Waals surface area contributed by atoms with E-state index >= 15 is 0 Å². The molecule has 0 saturated carbocycles. The number of anilines is 2. The van der Waals surface area contributed by atoms with Gasteiger partial charge in [0, 0.05) is 25.6 Å². The third-order valence-electron chi connectivity index (χ3n) is 2.97. The molecule has 0 bridgehead atoms. The Kier molecular flexibility index (Phi) is 7.08. The molecule has 21 heavy (non-hydrogen) atoms. The number of rotatable bonds is 8. The number of carbonyl (C=O) groups excluding carboxylic acids is 2. The van der Waals surface area contributed by atoms with Gasteiger partial charge in [0.15, 0.2) is 0 Å². The molecule has 0 aliphatic rings. The first-order valence-corrected chi connectivity index (χ1v) is 7.00. The Morgan fingerprint density at radius 2 is 2.00 bits per heavy atom. The molecule has 0 unspecified atom stereocenters. The van der Waals surface area contributed by atoms with Crippen molar-refractivity contribution in [3.05, 3.63) is 18.2 Å². The van der Waals surface area contributed by atoms with E-state index in [1.165, 1.54) is 6.92 Å². The van der Waals surface area contributed by atoms with Gasteiger partial charge in [-0.1, -0.05) is 6.42 Å². The minimum atomic E-state index is -0.0425. The van der Waals surface area contributed by atoms with Crippen molar-refractivity contribution in [2.45, 2.75) is 32.6 Å². The quantitative estimate of drug-likeness (QED) is 0.504. The maximum absolute atomic E-state index is 11.8. The molecule has 0 saturated heterocycles. The fourth-order valence-corrected chi connectivity index (χ4v) is 1.89. The van der Waals surface area contributed by atoms with Crippen LogP contribution in [0.3, 0.4) is 0 Å². The zero-order valence-corrected chi connectivity index (χ0v) is 12.6. The summed E-state index contributed by atoms with van der Waals surface area (Å²) in [5, 5.41) is 5.52. The maximum Gasteiger partial charge on any atom is 0.224 e. The summed E-state index contributed by atoms with van der Waals surface area (Å²) >= 11 is 0. The van der Waals surface area contributed by atoms with Crippen LogP contribution in [0.5, 0.6) is 5.75 Å². The van der Waals surface area contributed by atoms with E-state index in [1.54, 1.807) is 25.3 Å². The van der Waals surface area contributed by atoms with Crippen molar-refractivity contribution in [3.8, 4) is 5.75 Å². The summed E-state index contributed by atoms with van der Waals surface area (Å²) in [6.07, 6.45) is 3.02. The molecule has 1 rings (SSSR count). The molecule has 2 amide bonds. The molecular formula is C15H23N3O3. The highest BCUT2D eigenvalue weighted by Gasteiger charge is 2.05. The van der Waals surface area contributed by atoms with Crippen molar-refractivity contribution in [2.75, 3.05) is 24.7 Å². The second-order valence-corrected chi connectivity index (χ2v) is 4.80. The number of methoxy groups -OCH3 is 1. The summed E-state index contributed by atoms with van der Waals surface area (Å²) in [6.45, 7) is 2.15. The largest absolute Gasteiger partial charge is 0.495 e. The van der Waals surface area contributed by atoms with Gasteiger partial charge in [-0.3, -0.25) is 9.59 Å². The molecule has 0 radical (unpaired) electrons. The number of nitrogen functional groups attached to an aromatic ring is 1. The van der Waals surface area contributed by atoms with E-state index in [1.807, 2.05) is 0 Å². The molecule has 0 fully saturated rings. The zero-order valence-electron chi connectivity index (χ0n) is 12.6. The first kappa shape index (κ1) is 16.8. The van der Waals surface area contributed by atoms with Gasteiger partial charge in [0.05, 0.1) is 12.8 Å². The minimum absolute atomic E-state index is 0.0233. The Bertz CT molecular complexity index is 489. The minimum Gasteiger partial charge on any atom is -0.495 e. The highest BCUT2D eigenvalue weighted by Crippen LogP contribution is 2.24. The van der Waals surface area contributed by atoms with Crippen molar-refractivity contribution in [3.63, 3.8) is 0 Å². The van der Waals surface area contributed by atoms with E-state index in [4.69, 9.17) is 10.5 Å². The Hall–Kier alpha value is -2.24. The number of hydrogen-bond donors (Lipinski definition) is 3. The fraction of sp³-hybridized carbons (Fsp3) is 0.467. The Morgan fingerprint density at radius 1 is 1.24 bits per heavy atom. The van der Waals surface area contributed by atoms with Crippen LogP contribution in [0.15, 0.2) is 18.2 Å². The van der Waals surface area contributed by atoms with E-state index in [0.29, 0.717) is 30.1 Å². The molecule has 6 heteroatoms. The molecule has 6 nitrogen and oxygen atoms in total. The van der Waals surface area contributed by atoms with Gasteiger partial charge in [-0.15, -0.1) is 0 Å². The third-order valence-corrected chi connectivity index (χ3v) is 2.97. The number of carbonyl (C=O) groups is 2. The van der Waals surface area contributed by atoms with E-state index in [-0.39, 0.29) is 11.8 Å². The zero-order chi connectivity index (χ0) is 15.7. The van der Waals surface area contributed by atoms with Gasteiger partial charge in [0.1, 0.15) is 5.75 Å². The summed E-state index contributed by atoms with van der Waals surface area (Å²) in [6, 6.07) is 5.15. The molecular weight excluding hydrogens is 270 g/mol. The normalized spacial score (nSPS) is 10.0. The summed E-state index contributed by atoms with van der Waals surface area (Å²) in [5.74, 6) is 0.523. The number of ether oxygens (including phenoxy) is 1. The Morgan fingerprint density at radius 3 is 2.62 bits per heavy atom. The highest BCUT2D eigenvalue weighted by atomic mass is 16.5. The molecule has 116 valence electrons. The van der Waals surface area contributed by atoms with Gasteiger partial charge in [-0.05, 0) is 31.0 Å². The van der Waals surface area contributed by atoms with E-state index < -0.39 is 0 Å². The van der Waals surface area contributed by atoms with Crippen LogP contribution in [0.25, 0.3) is 0 Å². The van der Waals surface area contributed by atoms with Gasteiger partial charge in [-0.25, -0.2) is 0 Å². The van der Waals surface area contributed by atoms with E-state index in [9.17, 15) is 9.59 Å². The lowest BCUT2D eigenvalue weighted by molar-refractivity contribution is -0.119. The lowest BCUT2D eigenvalue weighted by atomic mass is 10.2. The summed E-state index contributed by atoms with van der Waals surface area (Å²) in [4.78, 5) is 22.4. The van der Waals surface area contributed by atoms with Crippen LogP contribution in [0, 0.1) is 0 Å². The monoisotopic (exact) mass is 293 g/mol. The van der Waals surface area contributed by atoms with E-state index in [0.717, 1.165) is 19.3 Å². The fourth-order valence-electron chi connectivity index (χ4n) is 1.89. The average molecular weight is 293 g/mol. The van der Waals surface area contributed by atoms with Crippen molar-refractivity contribution in [1.82, 2.24) is 5.32 Å². The second kappa shape index (κ2) is 8.84. The predicted molar refractivity (Wildman–Crippen MR) is 83.2 cm³/mol. The van der Waals surface area contributed by atoms with Gasteiger partial charge in [0.2, 0.25) is 11.8 Å². The van der Waals surface area contributed by atoms with Gasteiger partial charge in [-0.2, -0.15) is 0 Å². The Labute approximate surface area is 125 Å². The van der Waals surface area contributed by atoms with Crippen LogP contribution in [-0.2, 0) is 9.59 Å². The van der Waals surface area contributed by atoms with Crippen molar-refractivity contribution in [2.24, 2.45) is 0 Å². The predicted octanol–water partition coefficient (Wildman–Crippen LogP) is 1.91. The molecule has 4 N–H and O–H groups in total.